The minimum Gasteiger partial charge on any atom is -0.494 e. The molecule has 0 aromatic heterocycles. The van der Waals surface area contributed by atoms with E-state index in [2.05, 4.69) is 9.93 Å². The van der Waals surface area contributed by atoms with E-state index in [1.165, 1.54) is 43.7 Å². The standard InChI is InChI=1S/C24H23ClN2O6S/c1-3-14-32-20-9-5-18(6-10-20)24(28)33-22-13-4-17(15-23(22)31-2)16-26-27-34(29,30)21-11-7-19(25)8-12-21/h4-13,15-16,27H,3,14H2,1-2H3/b26-16+. The summed E-state index contributed by atoms with van der Waals surface area (Å²) in [6.45, 7) is 2.61. The molecular formula is C24H23ClN2O6S. The maximum Gasteiger partial charge on any atom is 0.343 e. The van der Waals surface area contributed by atoms with Crippen molar-refractivity contribution >= 4 is 33.8 Å². The van der Waals surface area contributed by atoms with Crippen LogP contribution in [-0.4, -0.2) is 34.3 Å². The van der Waals surface area contributed by atoms with Gasteiger partial charge in [-0.3, -0.25) is 0 Å². The number of sulfonamides is 1. The van der Waals surface area contributed by atoms with Gasteiger partial charge >= 0.3 is 5.97 Å². The molecule has 178 valence electrons. The van der Waals surface area contributed by atoms with E-state index in [-0.39, 0.29) is 16.4 Å². The molecule has 0 spiro atoms. The van der Waals surface area contributed by atoms with E-state index in [0.717, 1.165) is 6.42 Å². The lowest BCUT2D eigenvalue weighted by Crippen LogP contribution is -2.18. The van der Waals surface area contributed by atoms with Gasteiger partial charge in [0.15, 0.2) is 11.5 Å². The van der Waals surface area contributed by atoms with Crippen LogP contribution in [-0.2, 0) is 10.0 Å². The SMILES string of the molecule is CCCOc1ccc(C(=O)Oc2ccc(/C=N/NS(=O)(=O)c3ccc(Cl)cc3)cc2OC)cc1. The molecule has 0 radical (unpaired) electrons. The number of esters is 1. The van der Waals surface area contributed by atoms with Crippen molar-refractivity contribution in [1.82, 2.24) is 4.83 Å². The molecule has 3 rings (SSSR count). The van der Waals surface area contributed by atoms with Crippen LogP contribution in [0, 0.1) is 0 Å². The third-order valence-electron chi connectivity index (χ3n) is 4.46. The number of hydrogen-bond acceptors (Lipinski definition) is 7. The van der Waals surface area contributed by atoms with Crippen LogP contribution in [0.5, 0.6) is 17.2 Å². The molecule has 3 aromatic rings. The first-order chi connectivity index (χ1) is 16.3. The fraction of sp³-hybridized carbons (Fsp3) is 0.167. The Balaban J connectivity index is 1.66. The predicted molar refractivity (Wildman–Crippen MR) is 130 cm³/mol. The van der Waals surface area contributed by atoms with Crippen LogP contribution in [0.2, 0.25) is 5.02 Å². The van der Waals surface area contributed by atoms with E-state index < -0.39 is 16.0 Å². The molecule has 0 saturated heterocycles. The molecule has 1 N–H and O–H groups in total. The molecule has 0 amide bonds. The second-order valence-corrected chi connectivity index (χ2v) is 9.08. The van der Waals surface area contributed by atoms with E-state index in [4.69, 9.17) is 25.8 Å². The van der Waals surface area contributed by atoms with Crippen molar-refractivity contribution in [1.29, 1.82) is 0 Å². The molecule has 8 nitrogen and oxygen atoms in total. The Morgan fingerprint density at radius 1 is 1.03 bits per heavy atom. The molecule has 10 heteroatoms. The zero-order valence-electron chi connectivity index (χ0n) is 18.5. The molecule has 0 unspecified atom stereocenters. The highest BCUT2D eigenvalue weighted by atomic mass is 35.5. The molecule has 0 aliphatic rings. The van der Waals surface area contributed by atoms with Gasteiger partial charge in [0.05, 0.1) is 30.4 Å². The lowest BCUT2D eigenvalue weighted by atomic mass is 10.2. The van der Waals surface area contributed by atoms with Crippen LogP contribution in [0.25, 0.3) is 0 Å². The number of carbonyl (C=O) groups is 1. The molecule has 34 heavy (non-hydrogen) atoms. The Morgan fingerprint density at radius 3 is 2.38 bits per heavy atom. The summed E-state index contributed by atoms with van der Waals surface area (Å²) in [5, 5.41) is 4.21. The van der Waals surface area contributed by atoms with Crippen LogP contribution in [0.3, 0.4) is 0 Å². The van der Waals surface area contributed by atoms with Crippen molar-refractivity contribution in [3.05, 3.63) is 82.9 Å². The van der Waals surface area contributed by atoms with Crippen molar-refractivity contribution in [2.75, 3.05) is 13.7 Å². The van der Waals surface area contributed by atoms with E-state index in [9.17, 15) is 13.2 Å². The smallest absolute Gasteiger partial charge is 0.343 e. The second kappa shape index (κ2) is 11.5. The Hall–Kier alpha value is -3.56. The second-order valence-electron chi connectivity index (χ2n) is 6.98. The Bertz CT molecular complexity index is 1260. The lowest BCUT2D eigenvalue weighted by Gasteiger charge is -2.10. The number of halogens is 1. The Kier molecular flexibility index (Phi) is 8.50. The highest BCUT2D eigenvalue weighted by Gasteiger charge is 2.14. The van der Waals surface area contributed by atoms with Crippen molar-refractivity contribution < 1.29 is 27.4 Å². The van der Waals surface area contributed by atoms with Gasteiger partial charge in [-0.1, -0.05) is 18.5 Å². The summed E-state index contributed by atoms with van der Waals surface area (Å²) < 4.78 is 40.8. The maximum atomic E-state index is 12.5. The summed E-state index contributed by atoms with van der Waals surface area (Å²) >= 11 is 5.78. The summed E-state index contributed by atoms with van der Waals surface area (Å²) in [6, 6.07) is 17.0. The fourth-order valence-electron chi connectivity index (χ4n) is 2.75. The highest BCUT2D eigenvalue weighted by molar-refractivity contribution is 7.89. The average Bonchev–Trinajstić information content (AvgIpc) is 2.84. The van der Waals surface area contributed by atoms with Gasteiger partial charge in [0.1, 0.15) is 5.75 Å². The summed E-state index contributed by atoms with van der Waals surface area (Å²) in [5.41, 5.74) is 0.876. The predicted octanol–water partition coefficient (Wildman–Crippen LogP) is 4.67. The Morgan fingerprint density at radius 2 is 1.74 bits per heavy atom. The zero-order chi connectivity index (χ0) is 24.6. The molecule has 0 heterocycles. The fourth-order valence-corrected chi connectivity index (χ4v) is 3.67. The summed E-state index contributed by atoms with van der Waals surface area (Å²) in [7, 11) is -2.41. The topological polar surface area (TPSA) is 103 Å². The van der Waals surface area contributed by atoms with Gasteiger partial charge in [0, 0.05) is 5.02 Å². The van der Waals surface area contributed by atoms with Crippen LogP contribution >= 0.6 is 11.6 Å². The third-order valence-corrected chi connectivity index (χ3v) is 5.95. The lowest BCUT2D eigenvalue weighted by molar-refractivity contribution is 0.0729. The monoisotopic (exact) mass is 502 g/mol. The summed E-state index contributed by atoms with van der Waals surface area (Å²) in [6.07, 6.45) is 2.19. The van der Waals surface area contributed by atoms with Crippen LogP contribution in [0.15, 0.2) is 76.7 Å². The van der Waals surface area contributed by atoms with Crippen LogP contribution < -0.4 is 19.0 Å². The molecule has 0 aliphatic carbocycles. The van der Waals surface area contributed by atoms with Gasteiger partial charge in [-0.15, -0.1) is 0 Å². The molecular weight excluding hydrogens is 480 g/mol. The van der Waals surface area contributed by atoms with Crippen LogP contribution in [0.1, 0.15) is 29.3 Å². The maximum absolute atomic E-state index is 12.5. The minimum absolute atomic E-state index is 0.0267. The first-order valence-electron chi connectivity index (χ1n) is 10.3. The molecule has 0 aliphatic heterocycles. The quantitative estimate of drug-likeness (QED) is 0.187. The van der Waals surface area contributed by atoms with E-state index in [0.29, 0.717) is 28.5 Å². The van der Waals surface area contributed by atoms with Gasteiger partial charge < -0.3 is 14.2 Å². The number of nitrogens with zero attached hydrogens (tertiary/aromatic N) is 1. The first-order valence-corrected chi connectivity index (χ1v) is 12.1. The number of benzene rings is 3. The first kappa shape index (κ1) is 25.1. The summed E-state index contributed by atoms with van der Waals surface area (Å²) in [4.78, 5) is 14.7. The minimum atomic E-state index is -3.84. The van der Waals surface area contributed by atoms with Gasteiger partial charge in [-0.25, -0.2) is 9.63 Å². The third kappa shape index (κ3) is 6.72. The number of carbonyl (C=O) groups excluding carboxylic acids is 1. The normalized spacial score (nSPS) is 11.3. The number of nitrogens with one attached hydrogen (secondary N) is 1. The average molecular weight is 503 g/mol. The van der Waals surface area contributed by atoms with Gasteiger partial charge in [-0.2, -0.15) is 13.5 Å². The van der Waals surface area contributed by atoms with E-state index >= 15 is 0 Å². The number of hydrogen-bond donors (Lipinski definition) is 1. The van der Waals surface area contributed by atoms with Crippen molar-refractivity contribution in [2.45, 2.75) is 18.2 Å². The molecule has 3 aromatic carbocycles. The zero-order valence-corrected chi connectivity index (χ0v) is 20.1. The van der Waals surface area contributed by atoms with Gasteiger partial charge in [0.25, 0.3) is 10.0 Å². The number of hydrazone groups is 1. The van der Waals surface area contributed by atoms with Crippen molar-refractivity contribution in [3.63, 3.8) is 0 Å². The van der Waals surface area contributed by atoms with Crippen LogP contribution in [0.4, 0.5) is 0 Å². The van der Waals surface area contributed by atoms with Crippen molar-refractivity contribution in [3.8, 4) is 17.2 Å². The Labute approximate surface area is 203 Å². The van der Waals surface area contributed by atoms with E-state index in [1.54, 1.807) is 36.4 Å². The number of methoxy groups -OCH3 is 1. The van der Waals surface area contributed by atoms with Crippen molar-refractivity contribution in [2.24, 2.45) is 5.10 Å². The van der Waals surface area contributed by atoms with Gasteiger partial charge in [-0.05, 0) is 78.7 Å². The largest absolute Gasteiger partial charge is 0.494 e. The van der Waals surface area contributed by atoms with Gasteiger partial charge in [0.2, 0.25) is 0 Å². The summed E-state index contributed by atoms with van der Waals surface area (Å²) in [5.74, 6) is 0.599. The number of ether oxygens (including phenoxy) is 3. The number of rotatable bonds is 10. The van der Waals surface area contributed by atoms with E-state index in [1.807, 2.05) is 6.92 Å². The molecule has 0 saturated carbocycles. The molecule has 0 fully saturated rings. The molecule has 0 bridgehead atoms. The highest BCUT2D eigenvalue weighted by Crippen LogP contribution is 2.28. The molecule has 0 atom stereocenters.